The normalized spacial score (nSPS) is 11.3. The fraction of sp³-hybridized carbons (Fsp3) is 0.220. The van der Waals surface area contributed by atoms with Crippen LogP contribution in [0.2, 0.25) is 0 Å². The Morgan fingerprint density at radius 1 is 0.638 bits per heavy atom. The molecular formula is C41H38N4OPd. The van der Waals surface area contributed by atoms with Gasteiger partial charge in [0.1, 0.15) is 5.82 Å². The van der Waals surface area contributed by atoms with Gasteiger partial charge in [0.2, 0.25) is 0 Å². The molecule has 0 bridgehead atoms. The first kappa shape index (κ1) is 32.4. The van der Waals surface area contributed by atoms with Crippen molar-refractivity contribution in [1.82, 2.24) is 19.3 Å². The van der Waals surface area contributed by atoms with Gasteiger partial charge in [-0.25, -0.2) is 4.98 Å². The minimum absolute atomic E-state index is 0. The van der Waals surface area contributed by atoms with E-state index in [2.05, 4.69) is 121 Å². The van der Waals surface area contributed by atoms with Gasteiger partial charge < -0.3 is 9.30 Å². The number of hydrogen-bond donors (Lipinski definition) is 0. The first-order valence-corrected chi connectivity index (χ1v) is 15.8. The van der Waals surface area contributed by atoms with E-state index in [1.807, 2.05) is 29.1 Å². The molecule has 0 aliphatic rings. The molecule has 4 aromatic carbocycles. The van der Waals surface area contributed by atoms with Crippen molar-refractivity contribution in [3.63, 3.8) is 0 Å². The van der Waals surface area contributed by atoms with Crippen LogP contribution in [-0.2, 0) is 20.4 Å². The van der Waals surface area contributed by atoms with Crippen molar-refractivity contribution in [1.29, 1.82) is 0 Å². The van der Waals surface area contributed by atoms with Crippen LogP contribution in [0.25, 0.3) is 44.4 Å². The van der Waals surface area contributed by atoms with E-state index >= 15 is 0 Å². The summed E-state index contributed by atoms with van der Waals surface area (Å²) in [5, 5.41) is 7.29. The van der Waals surface area contributed by atoms with Gasteiger partial charge in [0.25, 0.3) is 0 Å². The predicted octanol–water partition coefficient (Wildman–Crippen LogP) is 10.2. The van der Waals surface area contributed by atoms with Gasteiger partial charge in [-0.1, -0.05) is 30.6 Å². The maximum Gasteiger partial charge on any atom is 2.00 e. The van der Waals surface area contributed by atoms with Crippen molar-refractivity contribution >= 4 is 21.8 Å². The molecule has 0 atom stereocenters. The van der Waals surface area contributed by atoms with E-state index < -0.39 is 0 Å². The van der Waals surface area contributed by atoms with E-state index in [1.165, 1.54) is 38.9 Å². The van der Waals surface area contributed by atoms with Crippen molar-refractivity contribution in [3.8, 4) is 34.1 Å². The summed E-state index contributed by atoms with van der Waals surface area (Å²) in [6, 6.07) is 27.8. The van der Waals surface area contributed by atoms with Crippen molar-refractivity contribution in [2.24, 2.45) is 0 Å². The summed E-state index contributed by atoms with van der Waals surface area (Å²) < 4.78 is 10.7. The number of fused-ring (bicyclic) bond motifs is 3. The predicted molar refractivity (Wildman–Crippen MR) is 188 cm³/mol. The quantitative estimate of drug-likeness (QED) is 0.132. The second kappa shape index (κ2) is 12.3. The third kappa shape index (κ3) is 5.40. The molecule has 0 fully saturated rings. The van der Waals surface area contributed by atoms with Gasteiger partial charge >= 0.3 is 20.4 Å². The van der Waals surface area contributed by atoms with E-state index in [0.29, 0.717) is 11.5 Å². The zero-order valence-electron chi connectivity index (χ0n) is 28.4. The van der Waals surface area contributed by atoms with Gasteiger partial charge in [0.05, 0.1) is 5.69 Å². The maximum atomic E-state index is 6.50. The van der Waals surface area contributed by atoms with Crippen LogP contribution >= 0.6 is 0 Å². The van der Waals surface area contributed by atoms with E-state index in [1.54, 1.807) is 0 Å². The number of para-hydroxylation sites is 1. The number of nitrogens with zero attached hydrogens (tertiary/aromatic N) is 4. The van der Waals surface area contributed by atoms with Gasteiger partial charge in [0, 0.05) is 34.5 Å². The number of aryl methyl sites for hydroxylation is 3. The largest absolute Gasteiger partial charge is 2.00 e. The summed E-state index contributed by atoms with van der Waals surface area (Å²) >= 11 is 0. The van der Waals surface area contributed by atoms with E-state index in [-0.39, 0.29) is 20.4 Å². The van der Waals surface area contributed by atoms with Crippen LogP contribution in [0.4, 0.5) is 0 Å². The molecule has 7 aromatic rings. The monoisotopic (exact) mass is 708 g/mol. The van der Waals surface area contributed by atoms with Crippen LogP contribution in [0.3, 0.4) is 0 Å². The van der Waals surface area contributed by atoms with Gasteiger partial charge in [-0.05, 0) is 124 Å². The van der Waals surface area contributed by atoms with Gasteiger partial charge in [-0.3, -0.25) is 4.68 Å². The van der Waals surface area contributed by atoms with E-state index in [0.717, 1.165) is 55.8 Å². The Bertz CT molecular complexity index is 2310. The average Bonchev–Trinajstić information content (AvgIpc) is 3.52. The number of rotatable bonds is 5. The third-order valence-electron chi connectivity index (χ3n) is 9.65. The third-order valence-corrected chi connectivity index (χ3v) is 9.65. The molecule has 6 heteroatoms. The van der Waals surface area contributed by atoms with Gasteiger partial charge in [0.15, 0.2) is 0 Å². The minimum atomic E-state index is 0. The van der Waals surface area contributed by atoms with Crippen LogP contribution in [-0.4, -0.2) is 19.3 Å². The Labute approximate surface area is 290 Å². The number of hydrogen-bond acceptors (Lipinski definition) is 3. The Morgan fingerprint density at radius 3 is 2.06 bits per heavy atom. The second-order valence-electron chi connectivity index (χ2n) is 12.6. The Morgan fingerprint density at radius 2 is 1.34 bits per heavy atom. The molecule has 0 aliphatic heterocycles. The summed E-state index contributed by atoms with van der Waals surface area (Å²) in [6.07, 6.45) is 1.85. The SMILES string of the molecule is Cc1cc(Oc2[c-]c3c(cc2)c2ccccc2n3-c2cc(C)ccn2)[c-]c(-n2nc(C)c(-c3c(C)c(C)c(C)c(C)c3C)c2C)c1.[Pd+2]. The van der Waals surface area contributed by atoms with Crippen LogP contribution in [0, 0.1) is 74.4 Å². The second-order valence-corrected chi connectivity index (χ2v) is 12.6. The number of benzene rings is 4. The molecule has 3 heterocycles. The smallest absolute Gasteiger partial charge is 0.509 e. The summed E-state index contributed by atoms with van der Waals surface area (Å²) in [4.78, 5) is 4.70. The first-order valence-electron chi connectivity index (χ1n) is 15.8. The summed E-state index contributed by atoms with van der Waals surface area (Å²) in [6.45, 7) is 19.5. The molecule has 0 spiro atoms. The number of ether oxygens (including phenoxy) is 1. The molecular weight excluding hydrogens is 671 g/mol. The first-order chi connectivity index (χ1) is 22.0. The fourth-order valence-electron chi connectivity index (χ4n) is 6.88. The Balaban J connectivity index is 0.00000386. The summed E-state index contributed by atoms with van der Waals surface area (Å²) in [5.74, 6) is 2.09. The summed E-state index contributed by atoms with van der Waals surface area (Å²) in [7, 11) is 0. The molecule has 0 unspecified atom stereocenters. The van der Waals surface area contributed by atoms with Crippen LogP contribution in [0.1, 0.15) is 50.3 Å². The fourth-order valence-corrected chi connectivity index (χ4v) is 6.88. The molecule has 238 valence electrons. The molecule has 0 radical (unpaired) electrons. The Kier molecular flexibility index (Phi) is 8.47. The molecule has 5 nitrogen and oxygen atoms in total. The van der Waals surface area contributed by atoms with Crippen molar-refractivity contribution in [2.75, 3.05) is 0 Å². The van der Waals surface area contributed by atoms with E-state index in [4.69, 9.17) is 14.8 Å². The Hall–Kier alpha value is -4.50. The van der Waals surface area contributed by atoms with Crippen molar-refractivity contribution in [2.45, 2.75) is 62.3 Å². The van der Waals surface area contributed by atoms with Gasteiger partial charge in [-0.15, -0.1) is 35.7 Å². The van der Waals surface area contributed by atoms with Crippen LogP contribution in [0.15, 0.2) is 66.9 Å². The number of pyridine rings is 1. The maximum absolute atomic E-state index is 6.50. The standard InChI is InChI=1S/C41H38N4O.Pd/c1-23-16-17-42-39(20-23)44-37-13-11-10-12-35(37)36-15-14-33(22-38(36)44)46-34-19-24(2)18-32(21-34)45-31(9)41(30(8)43-45)40-28(6)26(4)25(3)27(5)29(40)7;/h10-20H,1-9H3;/q-2;+2. The average molecular weight is 709 g/mol. The molecule has 3 aromatic heterocycles. The molecule has 0 amide bonds. The topological polar surface area (TPSA) is 44.9 Å². The minimum Gasteiger partial charge on any atom is -0.509 e. The summed E-state index contributed by atoms with van der Waals surface area (Å²) in [5.41, 5.74) is 16.3. The van der Waals surface area contributed by atoms with Crippen molar-refractivity contribution in [3.05, 3.63) is 129 Å². The van der Waals surface area contributed by atoms with Crippen molar-refractivity contribution < 1.29 is 25.2 Å². The molecule has 7 rings (SSSR count). The zero-order chi connectivity index (χ0) is 32.4. The number of aromatic nitrogens is 4. The zero-order valence-corrected chi connectivity index (χ0v) is 29.9. The molecule has 0 saturated carbocycles. The molecule has 0 saturated heterocycles. The van der Waals surface area contributed by atoms with E-state index in [9.17, 15) is 0 Å². The molecule has 47 heavy (non-hydrogen) atoms. The van der Waals surface area contributed by atoms with Gasteiger partial charge in [-0.2, -0.15) is 16.7 Å². The van der Waals surface area contributed by atoms with Crippen LogP contribution < -0.4 is 4.74 Å². The molecule has 0 N–H and O–H groups in total. The molecule has 0 aliphatic carbocycles. The van der Waals surface area contributed by atoms with Crippen LogP contribution in [0.5, 0.6) is 11.5 Å².